The molecule has 1 aromatic carbocycles. The van der Waals surface area contributed by atoms with Gasteiger partial charge in [0, 0.05) is 11.1 Å². The van der Waals surface area contributed by atoms with Crippen LogP contribution in [0.25, 0.3) is 10.4 Å². The second kappa shape index (κ2) is 6.17. The zero-order valence-corrected chi connectivity index (χ0v) is 13.0. The molecule has 110 valence electrons. The van der Waals surface area contributed by atoms with Crippen LogP contribution < -0.4 is 11.1 Å². The van der Waals surface area contributed by atoms with E-state index < -0.39 is 0 Å². The Morgan fingerprint density at radius 3 is 2.77 bits per heavy atom. The first-order chi connectivity index (χ1) is 10.6. The summed E-state index contributed by atoms with van der Waals surface area (Å²) in [5, 5.41) is 5.15. The fourth-order valence-corrected chi connectivity index (χ4v) is 2.80. The molecule has 3 N–H and O–H groups in total. The molecule has 0 aliphatic heterocycles. The molecule has 0 fully saturated rings. The van der Waals surface area contributed by atoms with Crippen LogP contribution in [-0.2, 0) is 0 Å². The number of nitrogens with zero attached hydrogens (tertiary/aromatic N) is 1. The molecule has 0 aliphatic carbocycles. The summed E-state index contributed by atoms with van der Waals surface area (Å²) in [5.41, 5.74) is 8.46. The largest absolute Gasteiger partial charge is 0.397 e. The number of amides is 1. The maximum Gasteiger partial charge on any atom is 0.257 e. The molecule has 4 nitrogen and oxygen atoms in total. The standard InChI is InChI=1S/C16H12ClN3OS/c17-15-6-4-11(9-19-15)16(21)20-13-8-10(3-5-12(13)18)14-2-1-7-22-14/h1-9H,18H2,(H,20,21). The number of nitrogens with one attached hydrogen (secondary N) is 1. The van der Waals surface area contributed by atoms with Crippen molar-refractivity contribution in [1.29, 1.82) is 0 Å². The van der Waals surface area contributed by atoms with Gasteiger partial charge in [-0.05, 0) is 41.3 Å². The zero-order valence-electron chi connectivity index (χ0n) is 11.4. The van der Waals surface area contributed by atoms with Crippen molar-refractivity contribution in [2.45, 2.75) is 0 Å². The van der Waals surface area contributed by atoms with Crippen molar-refractivity contribution in [2.24, 2.45) is 0 Å². The van der Waals surface area contributed by atoms with Crippen LogP contribution in [0.5, 0.6) is 0 Å². The molecule has 0 spiro atoms. The SMILES string of the molecule is Nc1ccc(-c2cccs2)cc1NC(=O)c1ccc(Cl)nc1. The number of hydrogen-bond donors (Lipinski definition) is 2. The normalized spacial score (nSPS) is 10.4. The molecule has 2 heterocycles. The Hall–Kier alpha value is -2.37. The Kier molecular flexibility index (Phi) is 4.09. The lowest BCUT2D eigenvalue weighted by Gasteiger charge is -2.10. The van der Waals surface area contributed by atoms with Crippen molar-refractivity contribution < 1.29 is 4.79 Å². The summed E-state index contributed by atoms with van der Waals surface area (Å²) in [7, 11) is 0. The third kappa shape index (κ3) is 3.10. The number of hydrogen-bond acceptors (Lipinski definition) is 4. The van der Waals surface area contributed by atoms with Crippen molar-refractivity contribution in [3.05, 3.63) is 64.8 Å². The summed E-state index contributed by atoms with van der Waals surface area (Å²) in [5.74, 6) is -0.279. The van der Waals surface area contributed by atoms with Crippen LogP contribution in [0.15, 0.2) is 54.0 Å². The molecule has 22 heavy (non-hydrogen) atoms. The first kappa shape index (κ1) is 14.6. The summed E-state index contributed by atoms with van der Waals surface area (Å²) in [6, 6.07) is 12.8. The Labute approximate surface area is 136 Å². The number of pyridine rings is 1. The number of halogens is 1. The topological polar surface area (TPSA) is 68.0 Å². The Balaban J connectivity index is 1.87. The maximum atomic E-state index is 12.2. The Morgan fingerprint density at radius 2 is 2.09 bits per heavy atom. The summed E-state index contributed by atoms with van der Waals surface area (Å²) < 4.78 is 0. The molecule has 0 saturated carbocycles. The smallest absolute Gasteiger partial charge is 0.257 e. The van der Waals surface area contributed by atoms with Gasteiger partial charge in [-0.3, -0.25) is 4.79 Å². The fourth-order valence-electron chi connectivity index (χ4n) is 1.97. The molecular weight excluding hydrogens is 318 g/mol. The molecule has 1 amide bonds. The van der Waals surface area contributed by atoms with E-state index in [2.05, 4.69) is 10.3 Å². The first-order valence-electron chi connectivity index (χ1n) is 6.50. The van der Waals surface area contributed by atoms with Crippen LogP contribution in [-0.4, -0.2) is 10.9 Å². The lowest BCUT2D eigenvalue weighted by Crippen LogP contribution is -2.13. The third-order valence-corrected chi connectivity index (χ3v) is 4.24. The lowest BCUT2D eigenvalue weighted by molar-refractivity contribution is 0.102. The molecule has 3 rings (SSSR count). The molecule has 0 bridgehead atoms. The van der Waals surface area contributed by atoms with E-state index in [1.165, 1.54) is 6.20 Å². The number of nitrogens with two attached hydrogens (primary N) is 1. The highest BCUT2D eigenvalue weighted by molar-refractivity contribution is 7.13. The molecule has 3 aromatic rings. The third-order valence-electron chi connectivity index (χ3n) is 3.10. The predicted octanol–water partition coefficient (Wildman–Crippen LogP) is 4.30. The summed E-state index contributed by atoms with van der Waals surface area (Å²) >= 11 is 7.35. The highest BCUT2D eigenvalue weighted by Crippen LogP contribution is 2.30. The van der Waals surface area contributed by atoms with Crippen LogP contribution in [0.3, 0.4) is 0 Å². The average Bonchev–Trinajstić information content (AvgIpc) is 3.04. The number of carbonyl (C=O) groups is 1. The summed E-state index contributed by atoms with van der Waals surface area (Å²) in [4.78, 5) is 17.2. The number of nitrogen functional groups attached to an aromatic ring is 1. The summed E-state index contributed by atoms with van der Waals surface area (Å²) in [6.45, 7) is 0. The van der Waals surface area contributed by atoms with Gasteiger partial charge in [0.1, 0.15) is 5.15 Å². The van der Waals surface area contributed by atoms with Gasteiger partial charge in [0.2, 0.25) is 0 Å². The van der Waals surface area contributed by atoms with Gasteiger partial charge in [0.25, 0.3) is 5.91 Å². The van der Waals surface area contributed by atoms with Crippen LogP contribution >= 0.6 is 22.9 Å². The van der Waals surface area contributed by atoms with E-state index in [9.17, 15) is 4.79 Å². The molecule has 0 atom stereocenters. The van der Waals surface area contributed by atoms with Gasteiger partial charge in [-0.2, -0.15) is 0 Å². The quantitative estimate of drug-likeness (QED) is 0.556. The van der Waals surface area contributed by atoms with Gasteiger partial charge in [-0.1, -0.05) is 23.7 Å². The number of rotatable bonds is 3. The second-order valence-electron chi connectivity index (χ2n) is 4.60. The van der Waals surface area contributed by atoms with Gasteiger partial charge < -0.3 is 11.1 Å². The van der Waals surface area contributed by atoms with Crippen LogP contribution in [0.2, 0.25) is 5.15 Å². The van der Waals surface area contributed by atoms with E-state index in [4.69, 9.17) is 17.3 Å². The molecule has 6 heteroatoms. The van der Waals surface area contributed by atoms with Crippen LogP contribution in [0, 0.1) is 0 Å². The number of carbonyl (C=O) groups excluding carboxylic acids is 1. The van der Waals surface area contributed by atoms with Crippen molar-refractivity contribution in [3.8, 4) is 10.4 Å². The fraction of sp³-hybridized carbons (Fsp3) is 0. The van der Waals surface area contributed by atoms with Crippen molar-refractivity contribution in [3.63, 3.8) is 0 Å². The number of aromatic nitrogens is 1. The van der Waals surface area contributed by atoms with Crippen LogP contribution in [0.4, 0.5) is 11.4 Å². The molecule has 0 saturated heterocycles. The van der Waals surface area contributed by atoms with Crippen LogP contribution in [0.1, 0.15) is 10.4 Å². The predicted molar refractivity (Wildman–Crippen MR) is 91.4 cm³/mol. The molecule has 0 radical (unpaired) electrons. The lowest BCUT2D eigenvalue weighted by atomic mass is 10.1. The number of thiophene rings is 1. The van der Waals surface area contributed by atoms with Crippen molar-refractivity contribution in [1.82, 2.24) is 4.98 Å². The first-order valence-corrected chi connectivity index (χ1v) is 7.75. The van der Waals surface area contributed by atoms with Gasteiger partial charge in [-0.25, -0.2) is 4.98 Å². The van der Waals surface area contributed by atoms with E-state index in [0.717, 1.165) is 10.4 Å². The minimum absolute atomic E-state index is 0.279. The minimum Gasteiger partial charge on any atom is -0.397 e. The van der Waals surface area contributed by atoms with E-state index in [1.807, 2.05) is 29.6 Å². The average molecular weight is 330 g/mol. The van der Waals surface area contributed by atoms with Gasteiger partial charge in [-0.15, -0.1) is 11.3 Å². The summed E-state index contributed by atoms with van der Waals surface area (Å²) in [6.07, 6.45) is 1.43. The molecule has 0 aliphatic rings. The molecule has 0 unspecified atom stereocenters. The Morgan fingerprint density at radius 1 is 1.23 bits per heavy atom. The highest BCUT2D eigenvalue weighted by Gasteiger charge is 2.10. The highest BCUT2D eigenvalue weighted by atomic mass is 35.5. The zero-order chi connectivity index (χ0) is 15.5. The van der Waals surface area contributed by atoms with Gasteiger partial charge in [0.15, 0.2) is 0 Å². The van der Waals surface area contributed by atoms with Gasteiger partial charge >= 0.3 is 0 Å². The molecular formula is C16H12ClN3OS. The molecule has 2 aromatic heterocycles. The van der Waals surface area contributed by atoms with E-state index >= 15 is 0 Å². The maximum absolute atomic E-state index is 12.2. The van der Waals surface area contributed by atoms with E-state index in [-0.39, 0.29) is 5.91 Å². The number of benzene rings is 1. The van der Waals surface area contributed by atoms with E-state index in [1.54, 1.807) is 29.5 Å². The monoisotopic (exact) mass is 329 g/mol. The van der Waals surface area contributed by atoms with E-state index in [0.29, 0.717) is 22.1 Å². The number of anilines is 2. The second-order valence-corrected chi connectivity index (χ2v) is 5.94. The van der Waals surface area contributed by atoms with Crippen molar-refractivity contribution in [2.75, 3.05) is 11.1 Å². The minimum atomic E-state index is -0.279. The Bertz CT molecular complexity index is 801. The van der Waals surface area contributed by atoms with Gasteiger partial charge in [0.05, 0.1) is 16.9 Å². The van der Waals surface area contributed by atoms with Crippen molar-refractivity contribution >= 4 is 40.2 Å².